The van der Waals surface area contributed by atoms with Gasteiger partial charge in [-0.15, -0.1) is 0 Å². The molecule has 0 saturated carbocycles. The predicted octanol–water partition coefficient (Wildman–Crippen LogP) is 3.35. The number of methoxy groups -OCH3 is 1. The van der Waals surface area contributed by atoms with Crippen molar-refractivity contribution in [3.05, 3.63) is 48.2 Å². The van der Waals surface area contributed by atoms with Crippen LogP contribution in [0.15, 0.2) is 42.6 Å². The number of ketones is 1. The van der Waals surface area contributed by atoms with E-state index in [1.165, 1.54) is 0 Å². The Hall–Kier alpha value is -2.16. The Kier molecular flexibility index (Phi) is 3.72. The second kappa shape index (κ2) is 5.45. The first-order valence-electron chi connectivity index (χ1n) is 5.89. The van der Waals surface area contributed by atoms with Crippen molar-refractivity contribution in [2.75, 3.05) is 7.11 Å². The van der Waals surface area contributed by atoms with Crippen LogP contribution < -0.4 is 4.74 Å². The van der Waals surface area contributed by atoms with E-state index in [4.69, 9.17) is 4.74 Å². The molecule has 18 heavy (non-hydrogen) atoms. The van der Waals surface area contributed by atoms with Crippen molar-refractivity contribution in [1.82, 2.24) is 4.98 Å². The highest BCUT2D eigenvalue weighted by Gasteiger charge is 2.10. The lowest BCUT2D eigenvalue weighted by atomic mass is 10.0. The lowest BCUT2D eigenvalue weighted by molar-refractivity contribution is 0.0988. The summed E-state index contributed by atoms with van der Waals surface area (Å²) in [7, 11) is 1.60. The third kappa shape index (κ3) is 2.40. The molecule has 92 valence electrons. The first-order chi connectivity index (χ1) is 8.76. The summed E-state index contributed by atoms with van der Waals surface area (Å²) in [5.74, 6) is 0.786. The molecule has 1 aromatic carbocycles. The van der Waals surface area contributed by atoms with Crippen LogP contribution in [0.4, 0.5) is 0 Å². The fraction of sp³-hybridized carbons (Fsp3) is 0.200. The van der Waals surface area contributed by atoms with Crippen LogP contribution in [-0.4, -0.2) is 17.9 Å². The molecule has 2 rings (SSSR count). The van der Waals surface area contributed by atoms with Gasteiger partial charge in [-0.1, -0.05) is 19.1 Å². The normalized spacial score (nSPS) is 10.1. The minimum atomic E-state index is 0.112. The predicted molar refractivity (Wildman–Crippen MR) is 70.8 cm³/mol. The van der Waals surface area contributed by atoms with Gasteiger partial charge in [0.25, 0.3) is 0 Å². The number of ether oxygens (including phenoxy) is 1. The number of carbonyl (C=O) groups is 1. The molecular formula is C15H15NO2. The highest BCUT2D eigenvalue weighted by molar-refractivity contribution is 5.97. The van der Waals surface area contributed by atoms with Crippen LogP contribution in [0.25, 0.3) is 11.3 Å². The van der Waals surface area contributed by atoms with Crippen LogP contribution in [0.1, 0.15) is 23.7 Å². The van der Waals surface area contributed by atoms with E-state index in [0.29, 0.717) is 17.7 Å². The van der Waals surface area contributed by atoms with Crippen LogP contribution in [0.2, 0.25) is 0 Å². The highest BCUT2D eigenvalue weighted by Crippen LogP contribution is 2.29. The molecule has 2 aromatic rings. The maximum Gasteiger partial charge on any atom is 0.162 e. The van der Waals surface area contributed by atoms with Gasteiger partial charge in [0.05, 0.1) is 12.8 Å². The monoisotopic (exact) mass is 241 g/mol. The summed E-state index contributed by atoms with van der Waals surface area (Å²) in [6.07, 6.45) is 2.23. The molecule has 1 heterocycles. The molecule has 0 aliphatic carbocycles. The molecule has 0 fully saturated rings. The molecule has 0 aliphatic rings. The Bertz CT molecular complexity index is 550. The van der Waals surface area contributed by atoms with Crippen molar-refractivity contribution in [3.63, 3.8) is 0 Å². The van der Waals surface area contributed by atoms with Gasteiger partial charge in [0.15, 0.2) is 5.78 Å². The summed E-state index contributed by atoms with van der Waals surface area (Å²) in [5, 5.41) is 0. The number of hydrogen-bond acceptors (Lipinski definition) is 3. The van der Waals surface area contributed by atoms with Gasteiger partial charge in [-0.05, 0) is 24.3 Å². The number of carbonyl (C=O) groups excluding carboxylic acids is 1. The molecule has 1 aromatic heterocycles. The Labute approximate surface area is 106 Å². The summed E-state index contributed by atoms with van der Waals surface area (Å²) in [5.41, 5.74) is 2.41. The minimum absolute atomic E-state index is 0.112. The third-order valence-electron chi connectivity index (χ3n) is 2.79. The van der Waals surface area contributed by atoms with E-state index in [1.54, 1.807) is 19.4 Å². The zero-order valence-corrected chi connectivity index (χ0v) is 10.5. The van der Waals surface area contributed by atoms with Crippen molar-refractivity contribution >= 4 is 5.78 Å². The number of aromatic nitrogens is 1. The van der Waals surface area contributed by atoms with Crippen LogP contribution >= 0.6 is 0 Å². The summed E-state index contributed by atoms with van der Waals surface area (Å²) in [6.45, 7) is 1.85. The summed E-state index contributed by atoms with van der Waals surface area (Å²) >= 11 is 0. The molecule has 0 atom stereocenters. The van der Waals surface area contributed by atoms with Gasteiger partial charge in [-0.2, -0.15) is 0 Å². The van der Waals surface area contributed by atoms with Gasteiger partial charge in [-0.3, -0.25) is 9.78 Å². The molecule has 3 heteroatoms. The minimum Gasteiger partial charge on any atom is -0.496 e. The van der Waals surface area contributed by atoms with Gasteiger partial charge in [0, 0.05) is 23.7 Å². The molecule has 0 radical (unpaired) electrons. The average Bonchev–Trinajstić information content (AvgIpc) is 2.46. The van der Waals surface area contributed by atoms with Gasteiger partial charge in [0.2, 0.25) is 0 Å². The molecule has 0 unspecified atom stereocenters. The van der Waals surface area contributed by atoms with Gasteiger partial charge in [-0.25, -0.2) is 0 Å². The molecule has 3 nitrogen and oxygen atoms in total. The van der Waals surface area contributed by atoms with Crippen molar-refractivity contribution in [2.45, 2.75) is 13.3 Å². The average molecular weight is 241 g/mol. The van der Waals surface area contributed by atoms with E-state index in [9.17, 15) is 4.79 Å². The highest BCUT2D eigenvalue weighted by atomic mass is 16.5. The number of rotatable bonds is 4. The molecular weight excluding hydrogens is 226 g/mol. The topological polar surface area (TPSA) is 39.2 Å². The number of nitrogens with zero attached hydrogens (tertiary/aromatic N) is 1. The summed E-state index contributed by atoms with van der Waals surface area (Å²) in [6, 6.07) is 11.2. The van der Waals surface area contributed by atoms with Gasteiger partial charge in [0.1, 0.15) is 5.75 Å². The number of pyridine rings is 1. The molecule has 0 bridgehead atoms. The van der Waals surface area contributed by atoms with E-state index >= 15 is 0 Å². The van der Waals surface area contributed by atoms with Gasteiger partial charge >= 0.3 is 0 Å². The van der Waals surface area contributed by atoms with Crippen LogP contribution in [-0.2, 0) is 0 Å². The largest absolute Gasteiger partial charge is 0.496 e. The first kappa shape index (κ1) is 12.3. The zero-order valence-electron chi connectivity index (χ0n) is 10.5. The van der Waals surface area contributed by atoms with Crippen LogP contribution in [0.5, 0.6) is 5.75 Å². The standard InChI is InChI=1S/C15H15NO2/c1-3-14(17)11-7-8-12(15(10-11)18-2)13-6-4-5-9-16-13/h4-10H,3H2,1-2H3. The number of Topliss-reactive ketones (excluding diaryl/α,β-unsaturated/α-hetero) is 1. The molecule has 0 N–H and O–H groups in total. The SMILES string of the molecule is CCC(=O)c1ccc(-c2ccccn2)c(OC)c1. The van der Waals surface area contributed by atoms with Gasteiger partial charge < -0.3 is 4.74 Å². The molecule has 0 aliphatic heterocycles. The lowest BCUT2D eigenvalue weighted by Crippen LogP contribution is -1.98. The number of hydrogen-bond donors (Lipinski definition) is 0. The first-order valence-corrected chi connectivity index (χ1v) is 5.89. The van der Waals surface area contributed by atoms with Crippen LogP contribution in [0.3, 0.4) is 0 Å². The van der Waals surface area contributed by atoms with Crippen LogP contribution in [0, 0.1) is 0 Å². The second-order valence-electron chi connectivity index (χ2n) is 3.91. The smallest absolute Gasteiger partial charge is 0.162 e. The van der Waals surface area contributed by atoms with E-state index in [0.717, 1.165) is 11.3 Å². The zero-order chi connectivity index (χ0) is 13.0. The molecule has 0 amide bonds. The van der Waals surface area contributed by atoms with Crippen molar-refractivity contribution in [3.8, 4) is 17.0 Å². The van der Waals surface area contributed by atoms with Crippen molar-refractivity contribution < 1.29 is 9.53 Å². The van der Waals surface area contributed by atoms with E-state index in [1.807, 2.05) is 37.3 Å². The van der Waals surface area contributed by atoms with Crippen molar-refractivity contribution in [2.24, 2.45) is 0 Å². The quantitative estimate of drug-likeness (QED) is 0.770. The third-order valence-corrected chi connectivity index (χ3v) is 2.79. The van der Waals surface area contributed by atoms with E-state index in [-0.39, 0.29) is 5.78 Å². The summed E-state index contributed by atoms with van der Waals surface area (Å²) < 4.78 is 5.34. The summed E-state index contributed by atoms with van der Waals surface area (Å²) in [4.78, 5) is 15.9. The van der Waals surface area contributed by atoms with Crippen molar-refractivity contribution in [1.29, 1.82) is 0 Å². The van der Waals surface area contributed by atoms with E-state index in [2.05, 4.69) is 4.98 Å². The Morgan fingerprint density at radius 2 is 2.11 bits per heavy atom. The molecule has 0 saturated heterocycles. The Balaban J connectivity index is 2.47. The fourth-order valence-electron chi connectivity index (χ4n) is 1.80. The van der Waals surface area contributed by atoms with E-state index < -0.39 is 0 Å². The maximum atomic E-state index is 11.7. The maximum absolute atomic E-state index is 11.7. The Morgan fingerprint density at radius 3 is 2.72 bits per heavy atom. The molecule has 0 spiro atoms. The lowest BCUT2D eigenvalue weighted by Gasteiger charge is -2.09. The number of benzene rings is 1. The fourth-order valence-corrected chi connectivity index (χ4v) is 1.80. The Morgan fingerprint density at radius 1 is 1.28 bits per heavy atom. The second-order valence-corrected chi connectivity index (χ2v) is 3.91.